The Kier molecular flexibility index (Phi) is 6.56. The minimum Gasteiger partial charge on any atom is -0.366 e. The normalized spacial score (nSPS) is 12.0. The van der Waals surface area contributed by atoms with Crippen molar-refractivity contribution in [2.45, 2.75) is 19.9 Å². The molecule has 0 aromatic heterocycles. The number of hydrogen-bond donors (Lipinski definition) is 3. The van der Waals surface area contributed by atoms with Crippen LogP contribution in [0.25, 0.3) is 0 Å². The quantitative estimate of drug-likeness (QED) is 0.708. The van der Waals surface area contributed by atoms with Crippen LogP contribution < -0.4 is 16.4 Å². The molecule has 0 bridgehead atoms. The SMILES string of the molecule is CC(C)C(NCC(=O)Nc1ccc(C(N)=O)cc1)c1ccc(Cl)cc1. The summed E-state index contributed by atoms with van der Waals surface area (Å²) in [5.74, 6) is -0.349. The maximum atomic E-state index is 12.2. The molecular formula is C19H22ClN3O2. The van der Waals surface area contributed by atoms with Gasteiger partial charge in [-0.2, -0.15) is 0 Å². The third-order valence-electron chi connectivity index (χ3n) is 3.83. The van der Waals surface area contributed by atoms with E-state index >= 15 is 0 Å². The molecule has 0 saturated heterocycles. The molecule has 0 saturated carbocycles. The molecule has 4 N–H and O–H groups in total. The molecule has 25 heavy (non-hydrogen) atoms. The van der Waals surface area contributed by atoms with E-state index in [0.717, 1.165) is 5.56 Å². The molecular weight excluding hydrogens is 338 g/mol. The summed E-state index contributed by atoms with van der Waals surface area (Å²) in [7, 11) is 0. The summed E-state index contributed by atoms with van der Waals surface area (Å²) < 4.78 is 0. The van der Waals surface area contributed by atoms with Crippen LogP contribution >= 0.6 is 11.6 Å². The number of anilines is 1. The highest BCUT2D eigenvalue weighted by molar-refractivity contribution is 6.30. The summed E-state index contributed by atoms with van der Waals surface area (Å²) in [5.41, 5.74) is 7.29. The van der Waals surface area contributed by atoms with Crippen LogP contribution in [0.1, 0.15) is 35.8 Å². The third kappa shape index (κ3) is 5.59. The summed E-state index contributed by atoms with van der Waals surface area (Å²) in [6.07, 6.45) is 0. The molecule has 2 aromatic carbocycles. The van der Waals surface area contributed by atoms with Gasteiger partial charge in [0.25, 0.3) is 0 Å². The van der Waals surface area contributed by atoms with Crippen LogP contribution in [0.3, 0.4) is 0 Å². The van der Waals surface area contributed by atoms with Gasteiger partial charge < -0.3 is 16.4 Å². The van der Waals surface area contributed by atoms with E-state index < -0.39 is 5.91 Å². The summed E-state index contributed by atoms with van der Waals surface area (Å²) in [4.78, 5) is 23.2. The van der Waals surface area contributed by atoms with Crippen LogP contribution in [-0.4, -0.2) is 18.4 Å². The largest absolute Gasteiger partial charge is 0.366 e. The van der Waals surface area contributed by atoms with Crippen LogP contribution in [0.2, 0.25) is 5.02 Å². The zero-order chi connectivity index (χ0) is 18.4. The number of hydrogen-bond acceptors (Lipinski definition) is 3. The van der Waals surface area contributed by atoms with Gasteiger partial charge in [0, 0.05) is 22.3 Å². The Labute approximate surface area is 152 Å². The number of halogens is 1. The van der Waals surface area contributed by atoms with Gasteiger partial charge in [-0.25, -0.2) is 0 Å². The second-order valence-electron chi connectivity index (χ2n) is 6.14. The molecule has 5 nitrogen and oxygen atoms in total. The Morgan fingerprint density at radius 3 is 2.16 bits per heavy atom. The lowest BCUT2D eigenvalue weighted by Crippen LogP contribution is -2.33. The molecule has 0 aliphatic heterocycles. The Morgan fingerprint density at radius 1 is 1.04 bits per heavy atom. The topological polar surface area (TPSA) is 84.2 Å². The van der Waals surface area contributed by atoms with Crippen LogP contribution in [0.4, 0.5) is 5.69 Å². The minimum atomic E-state index is -0.498. The molecule has 0 spiro atoms. The number of benzene rings is 2. The molecule has 0 radical (unpaired) electrons. The number of amides is 2. The Hall–Kier alpha value is -2.37. The highest BCUT2D eigenvalue weighted by Crippen LogP contribution is 2.23. The van der Waals surface area contributed by atoms with Gasteiger partial charge in [-0.05, 0) is 47.9 Å². The summed E-state index contributed by atoms with van der Waals surface area (Å²) in [6, 6.07) is 14.1. The Balaban J connectivity index is 1.94. The second kappa shape index (κ2) is 8.65. The Bertz CT molecular complexity index is 727. The van der Waals surface area contributed by atoms with Crippen molar-refractivity contribution in [3.63, 3.8) is 0 Å². The van der Waals surface area contributed by atoms with Crippen molar-refractivity contribution >= 4 is 29.1 Å². The lowest BCUT2D eigenvalue weighted by molar-refractivity contribution is -0.115. The number of rotatable bonds is 7. The minimum absolute atomic E-state index is 0.0419. The van der Waals surface area contributed by atoms with Gasteiger partial charge in [-0.3, -0.25) is 9.59 Å². The molecule has 1 unspecified atom stereocenters. The van der Waals surface area contributed by atoms with Crippen molar-refractivity contribution in [2.24, 2.45) is 11.7 Å². The van der Waals surface area contributed by atoms with Crippen LogP contribution in [-0.2, 0) is 4.79 Å². The summed E-state index contributed by atoms with van der Waals surface area (Å²) in [6.45, 7) is 4.35. The van der Waals surface area contributed by atoms with Gasteiger partial charge in [0.1, 0.15) is 0 Å². The molecule has 0 aliphatic carbocycles. The number of nitrogens with two attached hydrogens (primary N) is 1. The van der Waals surface area contributed by atoms with Gasteiger partial charge in [0.2, 0.25) is 11.8 Å². The smallest absolute Gasteiger partial charge is 0.248 e. The highest BCUT2D eigenvalue weighted by atomic mass is 35.5. The molecule has 2 aromatic rings. The van der Waals surface area contributed by atoms with Crippen molar-refractivity contribution in [2.75, 3.05) is 11.9 Å². The van der Waals surface area contributed by atoms with Crippen molar-refractivity contribution in [3.05, 3.63) is 64.7 Å². The first-order valence-electron chi connectivity index (χ1n) is 8.05. The van der Waals surface area contributed by atoms with E-state index in [0.29, 0.717) is 22.2 Å². The lowest BCUT2D eigenvalue weighted by atomic mass is 9.96. The highest BCUT2D eigenvalue weighted by Gasteiger charge is 2.16. The average molecular weight is 360 g/mol. The Morgan fingerprint density at radius 2 is 1.64 bits per heavy atom. The summed E-state index contributed by atoms with van der Waals surface area (Å²) in [5, 5.41) is 6.75. The number of primary amides is 1. The first kappa shape index (κ1) is 19.0. The van der Waals surface area contributed by atoms with Crippen LogP contribution in [0, 0.1) is 5.92 Å². The van der Waals surface area contributed by atoms with E-state index in [1.54, 1.807) is 24.3 Å². The molecule has 0 aliphatic rings. The molecule has 0 fully saturated rings. The standard InChI is InChI=1S/C19H22ClN3O2/c1-12(2)18(13-3-7-15(20)8-4-13)22-11-17(24)23-16-9-5-14(6-10-16)19(21)25/h3-10,12,18,22H,11H2,1-2H3,(H2,21,25)(H,23,24). The van der Waals surface area contributed by atoms with Gasteiger partial charge in [-0.15, -0.1) is 0 Å². The molecule has 2 amide bonds. The molecule has 2 rings (SSSR count). The predicted molar refractivity (Wildman–Crippen MR) is 101 cm³/mol. The zero-order valence-electron chi connectivity index (χ0n) is 14.3. The number of nitrogens with one attached hydrogen (secondary N) is 2. The molecule has 1 atom stereocenters. The fourth-order valence-corrected chi connectivity index (χ4v) is 2.66. The number of carbonyl (C=O) groups excluding carboxylic acids is 2. The molecule has 0 heterocycles. The van der Waals surface area contributed by atoms with Crippen molar-refractivity contribution in [1.29, 1.82) is 0 Å². The van der Waals surface area contributed by atoms with Gasteiger partial charge in [0.15, 0.2) is 0 Å². The van der Waals surface area contributed by atoms with Crippen LogP contribution in [0.15, 0.2) is 48.5 Å². The lowest BCUT2D eigenvalue weighted by Gasteiger charge is -2.23. The zero-order valence-corrected chi connectivity index (χ0v) is 15.0. The number of carbonyl (C=O) groups is 2. The average Bonchev–Trinajstić information content (AvgIpc) is 2.57. The first-order valence-corrected chi connectivity index (χ1v) is 8.43. The van der Waals surface area contributed by atoms with Gasteiger partial charge >= 0.3 is 0 Å². The second-order valence-corrected chi connectivity index (χ2v) is 6.58. The van der Waals surface area contributed by atoms with Crippen molar-refractivity contribution in [3.8, 4) is 0 Å². The fourth-order valence-electron chi connectivity index (χ4n) is 2.53. The van der Waals surface area contributed by atoms with Crippen LogP contribution in [0.5, 0.6) is 0 Å². The predicted octanol–water partition coefficient (Wildman–Crippen LogP) is 3.36. The third-order valence-corrected chi connectivity index (χ3v) is 4.08. The van der Waals surface area contributed by atoms with Gasteiger partial charge in [0.05, 0.1) is 6.54 Å². The van der Waals surface area contributed by atoms with E-state index in [9.17, 15) is 9.59 Å². The van der Waals surface area contributed by atoms with E-state index in [-0.39, 0.29) is 18.5 Å². The van der Waals surface area contributed by atoms with Gasteiger partial charge in [-0.1, -0.05) is 37.6 Å². The van der Waals surface area contributed by atoms with E-state index in [4.69, 9.17) is 17.3 Å². The van der Waals surface area contributed by atoms with E-state index in [1.807, 2.05) is 24.3 Å². The maximum Gasteiger partial charge on any atom is 0.248 e. The molecule has 132 valence electrons. The van der Waals surface area contributed by atoms with E-state index in [1.165, 1.54) is 0 Å². The maximum absolute atomic E-state index is 12.2. The van der Waals surface area contributed by atoms with Crippen molar-refractivity contribution in [1.82, 2.24) is 5.32 Å². The molecule has 6 heteroatoms. The fraction of sp³-hybridized carbons (Fsp3) is 0.263. The monoisotopic (exact) mass is 359 g/mol. The van der Waals surface area contributed by atoms with E-state index in [2.05, 4.69) is 24.5 Å². The van der Waals surface area contributed by atoms with Crippen molar-refractivity contribution < 1.29 is 9.59 Å². The first-order chi connectivity index (χ1) is 11.9. The summed E-state index contributed by atoms with van der Waals surface area (Å²) >= 11 is 5.93.